The van der Waals surface area contributed by atoms with E-state index in [2.05, 4.69) is 25.8 Å². The Hall–Kier alpha value is -6.05. The van der Waals surface area contributed by atoms with Crippen LogP contribution < -0.4 is 9.64 Å². The summed E-state index contributed by atoms with van der Waals surface area (Å²) in [5.41, 5.74) is 0.935. The van der Waals surface area contributed by atoms with Gasteiger partial charge >= 0.3 is 6.01 Å². The van der Waals surface area contributed by atoms with Gasteiger partial charge in [0.1, 0.15) is 30.2 Å². The summed E-state index contributed by atoms with van der Waals surface area (Å²) >= 11 is 0. The number of piperazine rings is 1. The van der Waals surface area contributed by atoms with Gasteiger partial charge in [-0.15, -0.1) is 0 Å². The number of carbonyl (C=O) groups is 1. The van der Waals surface area contributed by atoms with E-state index < -0.39 is 35.3 Å². The molecule has 0 saturated carbocycles. The van der Waals surface area contributed by atoms with E-state index in [1.165, 1.54) is 11.1 Å². The van der Waals surface area contributed by atoms with Crippen molar-refractivity contribution in [2.75, 3.05) is 50.8 Å². The number of ether oxygens (including phenoxy) is 1. The molecule has 3 saturated heterocycles. The second-order valence-electron chi connectivity index (χ2n) is 14.0. The van der Waals surface area contributed by atoms with Crippen LogP contribution in [0, 0.1) is 23.7 Å². The maximum Gasteiger partial charge on any atom is 0.319 e. The van der Waals surface area contributed by atoms with Crippen LogP contribution in [0.15, 0.2) is 78.8 Å². The van der Waals surface area contributed by atoms with Crippen LogP contribution >= 0.6 is 0 Å². The van der Waals surface area contributed by atoms with Gasteiger partial charge in [0.2, 0.25) is 6.54 Å². The van der Waals surface area contributed by atoms with E-state index in [0.29, 0.717) is 40.7 Å². The minimum Gasteiger partial charge on any atom is -0.461 e. The summed E-state index contributed by atoms with van der Waals surface area (Å²) in [6, 6.07) is 20.5. The lowest BCUT2D eigenvalue weighted by molar-refractivity contribution is -0.130. The molecule has 0 bridgehead atoms. The largest absolute Gasteiger partial charge is 0.461 e. The van der Waals surface area contributed by atoms with Crippen LogP contribution in [0.25, 0.3) is 43.7 Å². The molecular weight excluding hydrogens is 693 g/mol. The van der Waals surface area contributed by atoms with E-state index in [-0.39, 0.29) is 55.6 Å². The van der Waals surface area contributed by atoms with Gasteiger partial charge in [-0.25, -0.2) is 19.7 Å². The number of benzene rings is 3. The molecule has 3 atom stereocenters. The molecule has 13 heteroatoms. The Labute approximate surface area is 309 Å². The van der Waals surface area contributed by atoms with Gasteiger partial charge in [-0.3, -0.25) is 14.7 Å². The topological polar surface area (TPSA) is 103 Å². The number of anilines is 1. The van der Waals surface area contributed by atoms with Crippen molar-refractivity contribution in [2.45, 2.75) is 37.0 Å². The molecule has 3 fully saturated rings. The van der Waals surface area contributed by atoms with E-state index in [4.69, 9.17) is 16.3 Å². The van der Waals surface area contributed by atoms with Crippen molar-refractivity contribution in [1.29, 1.82) is 5.26 Å². The first kappa shape index (κ1) is 35.0. The van der Waals surface area contributed by atoms with Gasteiger partial charge in [0.05, 0.1) is 22.9 Å². The zero-order valence-corrected chi connectivity index (χ0v) is 29.3. The lowest BCUT2D eigenvalue weighted by atomic mass is 9.94. The molecule has 3 aromatic carbocycles. The van der Waals surface area contributed by atoms with E-state index in [9.17, 15) is 14.4 Å². The van der Waals surface area contributed by atoms with Crippen molar-refractivity contribution in [3.8, 4) is 23.2 Å². The molecule has 5 aromatic rings. The lowest BCUT2D eigenvalue weighted by Crippen LogP contribution is -2.56. The molecule has 0 radical (unpaired) electrons. The quantitative estimate of drug-likeness (QED) is 0.128. The summed E-state index contributed by atoms with van der Waals surface area (Å²) in [5, 5.41) is 11.7. The zero-order valence-electron chi connectivity index (χ0n) is 29.3. The second kappa shape index (κ2) is 14.4. The Balaban J connectivity index is 1.19. The predicted octanol–water partition coefficient (Wildman–Crippen LogP) is 6.76. The molecule has 10 nitrogen and oxygen atoms in total. The molecule has 1 amide bonds. The van der Waals surface area contributed by atoms with Crippen LogP contribution in [0.1, 0.15) is 30.5 Å². The van der Waals surface area contributed by atoms with Gasteiger partial charge in [0, 0.05) is 61.2 Å². The van der Waals surface area contributed by atoms with Crippen LogP contribution in [-0.4, -0.2) is 94.3 Å². The van der Waals surface area contributed by atoms with Crippen LogP contribution in [0.2, 0.25) is 0 Å². The standard InChI is InChI=1S/C41H35F3N8O2/c1-46-22-30-24-50(17-18-52(30)39(53)34(43)19-29-10-2-3-15-47-29)38-33-13-12-32(31-11-5-8-26-7-4-9-27(21-45)35(26)31)36(44)37(33)48-40(49-38)54-25-41-14-6-16-51(41)23-28(42)20-41/h2-5,7-13,15,19,28,30H,6,14,16-18,20,22-25H2/b34-19-/t28-,30+,41+/m1/s1. The number of halogens is 3. The Bertz CT molecular complexity index is 2370. The van der Waals surface area contributed by atoms with Crippen molar-refractivity contribution < 1.29 is 22.7 Å². The fourth-order valence-electron chi connectivity index (χ4n) is 8.31. The fraction of sp³-hybridized carbons (Fsp3) is 0.317. The van der Waals surface area contributed by atoms with Gasteiger partial charge < -0.3 is 19.4 Å². The summed E-state index contributed by atoms with van der Waals surface area (Å²) in [6.07, 6.45) is 3.60. The summed E-state index contributed by atoms with van der Waals surface area (Å²) in [6.45, 7) is 9.12. The highest BCUT2D eigenvalue weighted by molar-refractivity contribution is 6.03. The maximum absolute atomic E-state index is 17.0. The SMILES string of the molecule is [C-]#[N+]C[C@H]1CN(c2nc(OC[C@@]34CCCN3C[C@H](F)C4)nc3c(F)c(-c4cccc5cccc(C#N)c45)ccc23)CCN1C(=O)/C(F)=C/c1ccccn1. The highest BCUT2D eigenvalue weighted by Gasteiger charge is 2.49. The van der Waals surface area contributed by atoms with Crippen molar-refractivity contribution in [3.63, 3.8) is 0 Å². The molecule has 54 heavy (non-hydrogen) atoms. The third-order valence-corrected chi connectivity index (χ3v) is 10.8. The Morgan fingerprint density at radius 2 is 1.91 bits per heavy atom. The first-order valence-corrected chi connectivity index (χ1v) is 17.9. The summed E-state index contributed by atoms with van der Waals surface area (Å²) in [5.74, 6) is -2.15. The third-order valence-electron chi connectivity index (χ3n) is 10.8. The number of alkyl halides is 1. The highest BCUT2D eigenvalue weighted by atomic mass is 19.1. The fourth-order valence-corrected chi connectivity index (χ4v) is 8.31. The van der Waals surface area contributed by atoms with E-state index >= 15 is 8.78 Å². The summed E-state index contributed by atoms with van der Waals surface area (Å²) in [4.78, 5) is 35.7. The second-order valence-corrected chi connectivity index (χ2v) is 14.0. The smallest absolute Gasteiger partial charge is 0.319 e. The van der Waals surface area contributed by atoms with Crippen LogP contribution in [0.3, 0.4) is 0 Å². The number of nitriles is 1. The number of fused-ring (bicyclic) bond motifs is 3. The lowest BCUT2D eigenvalue weighted by Gasteiger charge is -2.40. The molecule has 272 valence electrons. The van der Waals surface area contributed by atoms with Crippen molar-refractivity contribution in [2.24, 2.45) is 0 Å². The normalized spacial score (nSPS) is 21.6. The predicted molar refractivity (Wildman–Crippen MR) is 198 cm³/mol. The first-order valence-electron chi connectivity index (χ1n) is 17.9. The Morgan fingerprint density at radius 3 is 2.70 bits per heavy atom. The first-order chi connectivity index (χ1) is 26.3. The maximum atomic E-state index is 17.0. The third kappa shape index (κ3) is 6.35. The van der Waals surface area contributed by atoms with Crippen LogP contribution in [0.4, 0.5) is 19.0 Å². The van der Waals surface area contributed by atoms with Gasteiger partial charge in [-0.05, 0) is 54.6 Å². The minimum atomic E-state index is -0.995. The number of carbonyl (C=O) groups excluding carboxylic acids is 1. The Morgan fingerprint density at radius 1 is 1.06 bits per heavy atom. The monoisotopic (exact) mass is 728 g/mol. The zero-order chi connectivity index (χ0) is 37.4. The van der Waals surface area contributed by atoms with Crippen molar-refractivity contribution in [1.82, 2.24) is 24.8 Å². The van der Waals surface area contributed by atoms with Crippen molar-refractivity contribution in [3.05, 3.63) is 107 Å². The number of pyridine rings is 1. The average Bonchev–Trinajstić information content (AvgIpc) is 3.72. The van der Waals surface area contributed by atoms with Crippen LogP contribution in [-0.2, 0) is 4.79 Å². The molecule has 2 aromatic heterocycles. The van der Waals surface area contributed by atoms with Gasteiger partial charge in [-0.1, -0.05) is 42.5 Å². The molecule has 0 aliphatic carbocycles. The summed E-state index contributed by atoms with van der Waals surface area (Å²) in [7, 11) is 0. The molecule has 0 unspecified atom stereocenters. The molecular formula is C41H35F3N8O2. The molecule has 3 aliphatic rings. The minimum absolute atomic E-state index is 0.0147. The number of amides is 1. The number of nitrogens with zero attached hydrogens (tertiary/aromatic N) is 8. The number of aromatic nitrogens is 3. The summed E-state index contributed by atoms with van der Waals surface area (Å²) < 4.78 is 53.2. The highest BCUT2D eigenvalue weighted by Crippen LogP contribution is 2.41. The average molecular weight is 729 g/mol. The van der Waals surface area contributed by atoms with E-state index in [1.807, 2.05) is 23.1 Å². The molecule has 0 spiro atoms. The Kier molecular flexibility index (Phi) is 9.34. The van der Waals surface area contributed by atoms with Gasteiger partial charge in [0.15, 0.2) is 11.6 Å². The van der Waals surface area contributed by atoms with Crippen molar-refractivity contribution >= 4 is 39.5 Å². The van der Waals surface area contributed by atoms with Gasteiger partial charge in [-0.2, -0.15) is 15.2 Å². The number of hydrogen-bond acceptors (Lipinski definition) is 8. The van der Waals surface area contributed by atoms with Gasteiger partial charge in [0.25, 0.3) is 5.91 Å². The number of hydrogen-bond donors (Lipinski definition) is 0. The van der Waals surface area contributed by atoms with E-state index in [0.717, 1.165) is 30.8 Å². The molecule has 8 rings (SSSR count). The molecule has 0 N–H and O–H groups in total. The molecule has 5 heterocycles. The number of rotatable bonds is 8. The molecule has 3 aliphatic heterocycles. The van der Waals surface area contributed by atoms with E-state index in [1.54, 1.807) is 48.5 Å². The van der Waals surface area contributed by atoms with Crippen LogP contribution in [0.5, 0.6) is 6.01 Å².